The number of anilines is 1. The molecule has 9 heteroatoms. The van der Waals surface area contributed by atoms with Crippen LogP contribution in [0.15, 0.2) is 59.7 Å². The Balaban J connectivity index is 1.38. The van der Waals surface area contributed by atoms with Crippen molar-refractivity contribution in [2.75, 3.05) is 25.1 Å². The minimum Gasteiger partial charge on any atom is -0.493 e. The number of ether oxygens (including phenoxy) is 2. The van der Waals surface area contributed by atoms with Crippen molar-refractivity contribution in [3.8, 4) is 11.5 Å². The predicted octanol–water partition coefficient (Wildman–Crippen LogP) is 6.55. The van der Waals surface area contributed by atoms with E-state index in [1.165, 1.54) is 12.8 Å². The molecule has 1 N–H and O–H groups in total. The number of methoxy groups -OCH3 is 1. The van der Waals surface area contributed by atoms with E-state index in [0.717, 1.165) is 33.5 Å². The molecule has 4 rings (SSSR count). The van der Waals surface area contributed by atoms with E-state index < -0.39 is 0 Å². The van der Waals surface area contributed by atoms with Crippen molar-refractivity contribution in [1.29, 1.82) is 0 Å². The Labute approximate surface area is 228 Å². The number of hydrogen-bond donors (Lipinski definition) is 1. The van der Waals surface area contributed by atoms with Crippen molar-refractivity contribution < 1.29 is 14.3 Å². The van der Waals surface area contributed by atoms with E-state index in [2.05, 4.69) is 38.0 Å². The molecule has 0 bridgehead atoms. The molecule has 1 heterocycles. The lowest BCUT2D eigenvalue weighted by molar-refractivity contribution is 0.0955. The van der Waals surface area contributed by atoms with Crippen LogP contribution in [0.4, 0.5) is 5.69 Å². The maximum Gasteiger partial charge on any atom is 0.271 e. The Morgan fingerprint density at radius 1 is 1.09 bits per heavy atom. The zero-order valence-electron chi connectivity index (χ0n) is 19.1. The second-order valence-corrected chi connectivity index (χ2v) is 9.99. The van der Waals surface area contributed by atoms with Crippen LogP contribution in [-0.4, -0.2) is 32.3 Å². The molecule has 0 aliphatic carbocycles. The molecule has 0 unspecified atom stereocenters. The molecule has 182 valence electrons. The third-order valence-electron chi connectivity index (χ3n) is 5.60. The third kappa shape index (κ3) is 6.59. The van der Waals surface area contributed by atoms with Gasteiger partial charge in [-0.25, -0.2) is 5.43 Å². The first-order valence-electron chi connectivity index (χ1n) is 11.1. The molecule has 6 nitrogen and oxygen atoms in total. The summed E-state index contributed by atoms with van der Waals surface area (Å²) in [7, 11) is 1.58. The van der Waals surface area contributed by atoms with E-state index in [1.807, 2.05) is 36.4 Å². The van der Waals surface area contributed by atoms with Crippen LogP contribution in [0.3, 0.4) is 0 Å². The molecule has 0 saturated carbocycles. The first kappa shape index (κ1) is 25.6. The van der Waals surface area contributed by atoms with Crippen LogP contribution in [0.25, 0.3) is 0 Å². The van der Waals surface area contributed by atoms with Gasteiger partial charge in [-0.1, -0.05) is 29.3 Å². The van der Waals surface area contributed by atoms with Crippen LogP contribution in [0, 0.1) is 3.57 Å². The van der Waals surface area contributed by atoms with Gasteiger partial charge in [-0.15, -0.1) is 0 Å². The average Bonchev–Trinajstić information content (AvgIpc) is 3.40. The summed E-state index contributed by atoms with van der Waals surface area (Å²) < 4.78 is 12.3. The summed E-state index contributed by atoms with van der Waals surface area (Å²) in [5, 5.41) is 5.09. The molecule has 1 amide bonds. The molecule has 1 aliphatic rings. The fourth-order valence-electron chi connectivity index (χ4n) is 3.77. The van der Waals surface area contributed by atoms with Gasteiger partial charge < -0.3 is 14.4 Å². The summed E-state index contributed by atoms with van der Waals surface area (Å²) in [6.07, 6.45) is 4.00. The van der Waals surface area contributed by atoms with Crippen LogP contribution in [0.1, 0.15) is 34.3 Å². The highest BCUT2D eigenvalue weighted by Crippen LogP contribution is 2.34. The maximum atomic E-state index is 12.5. The van der Waals surface area contributed by atoms with Gasteiger partial charge in [0.1, 0.15) is 6.61 Å². The van der Waals surface area contributed by atoms with Gasteiger partial charge in [-0.2, -0.15) is 5.10 Å². The van der Waals surface area contributed by atoms with Gasteiger partial charge in [-0.05, 0) is 95.1 Å². The first-order chi connectivity index (χ1) is 16.9. The van der Waals surface area contributed by atoms with Gasteiger partial charge in [0.05, 0.1) is 26.9 Å². The fourth-order valence-corrected chi connectivity index (χ4v) is 4.87. The number of hydrazone groups is 1. The zero-order chi connectivity index (χ0) is 24.8. The molecule has 0 spiro atoms. The summed E-state index contributed by atoms with van der Waals surface area (Å²) in [6.45, 7) is 2.44. The molecule has 1 saturated heterocycles. The van der Waals surface area contributed by atoms with Crippen LogP contribution in [0.2, 0.25) is 10.0 Å². The van der Waals surface area contributed by atoms with Crippen LogP contribution < -0.4 is 19.8 Å². The van der Waals surface area contributed by atoms with Crippen molar-refractivity contribution in [2.45, 2.75) is 19.4 Å². The minimum absolute atomic E-state index is 0.266. The van der Waals surface area contributed by atoms with Gasteiger partial charge in [0.25, 0.3) is 5.91 Å². The van der Waals surface area contributed by atoms with Gasteiger partial charge >= 0.3 is 0 Å². The summed E-state index contributed by atoms with van der Waals surface area (Å²) in [6, 6.07) is 16.7. The Hall–Kier alpha value is -2.49. The zero-order valence-corrected chi connectivity index (χ0v) is 22.7. The SMILES string of the molecule is COc1cc(/C=N\NC(=O)c2ccc(N3CCCC3)cc2)cc(I)c1OCc1ccc(Cl)c(Cl)c1. The highest BCUT2D eigenvalue weighted by atomic mass is 127. The molecule has 0 aromatic heterocycles. The molecular formula is C26H24Cl2IN3O3. The predicted molar refractivity (Wildman–Crippen MR) is 149 cm³/mol. The number of nitrogens with one attached hydrogen (secondary N) is 1. The summed E-state index contributed by atoms with van der Waals surface area (Å²) in [5.74, 6) is 0.901. The standard InChI is InChI=1S/C26H24Cl2IN3O3/c1-34-24-14-18(13-23(29)25(24)35-16-17-4-9-21(27)22(28)12-17)15-30-31-26(33)19-5-7-20(8-6-19)32-10-2-3-11-32/h4-9,12-15H,2-3,10-11,16H2,1H3,(H,31,33)/b30-15-. The summed E-state index contributed by atoms with van der Waals surface area (Å²) >= 11 is 14.2. The van der Waals surface area contributed by atoms with Crippen molar-refractivity contribution in [3.05, 3.63) is 84.9 Å². The molecular weight excluding hydrogens is 600 g/mol. The van der Waals surface area contributed by atoms with Gasteiger partial charge in [0.15, 0.2) is 11.5 Å². The summed E-state index contributed by atoms with van der Waals surface area (Å²) in [5.41, 5.74) is 5.94. The van der Waals surface area contributed by atoms with Crippen LogP contribution in [0.5, 0.6) is 11.5 Å². The Kier molecular flexibility index (Phi) is 8.75. The molecule has 3 aromatic carbocycles. The number of carbonyl (C=O) groups excluding carboxylic acids is 1. The average molecular weight is 624 g/mol. The number of hydrogen-bond acceptors (Lipinski definition) is 5. The van der Waals surface area contributed by atoms with Gasteiger partial charge in [0.2, 0.25) is 0 Å². The number of rotatable bonds is 8. The van der Waals surface area contributed by atoms with Crippen molar-refractivity contribution in [1.82, 2.24) is 5.43 Å². The number of benzene rings is 3. The molecule has 3 aromatic rings. The van der Waals surface area contributed by atoms with Crippen LogP contribution >= 0.6 is 45.8 Å². The van der Waals surface area contributed by atoms with E-state index in [4.69, 9.17) is 32.7 Å². The second-order valence-electron chi connectivity index (χ2n) is 8.01. The Morgan fingerprint density at radius 3 is 2.51 bits per heavy atom. The maximum absolute atomic E-state index is 12.5. The Bertz CT molecular complexity index is 1230. The van der Waals surface area contributed by atoms with Crippen molar-refractivity contribution in [3.63, 3.8) is 0 Å². The number of nitrogens with zero attached hydrogens (tertiary/aromatic N) is 2. The number of halogens is 3. The quantitative estimate of drug-likeness (QED) is 0.176. The van der Waals surface area contributed by atoms with Crippen molar-refractivity contribution >= 4 is 63.6 Å². The van der Waals surface area contributed by atoms with E-state index >= 15 is 0 Å². The van der Waals surface area contributed by atoms with Crippen molar-refractivity contribution in [2.24, 2.45) is 5.10 Å². The molecule has 0 radical (unpaired) electrons. The van der Waals surface area contributed by atoms with E-state index in [1.54, 1.807) is 31.5 Å². The minimum atomic E-state index is -0.266. The lowest BCUT2D eigenvalue weighted by atomic mass is 10.2. The highest BCUT2D eigenvalue weighted by molar-refractivity contribution is 14.1. The molecule has 1 aliphatic heterocycles. The van der Waals surface area contributed by atoms with E-state index in [0.29, 0.717) is 33.7 Å². The highest BCUT2D eigenvalue weighted by Gasteiger charge is 2.14. The number of carbonyl (C=O) groups is 1. The summed E-state index contributed by atoms with van der Waals surface area (Å²) in [4.78, 5) is 14.8. The van der Waals surface area contributed by atoms with Crippen LogP contribution in [-0.2, 0) is 6.61 Å². The third-order valence-corrected chi connectivity index (χ3v) is 7.14. The lowest BCUT2D eigenvalue weighted by Crippen LogP contribution is -2.19. The Morgan fingerprint density at radius 2 is 1.83 bits per heavy atom. The van der Waals surface area contributed by atoms with Gasteiger partial charge in [0, 0.05) is 24.3 Å². The largest absolute Gasteiger partial charge is 0.493 e. The number of amides is 1. The monoisotopic (exact) mass is 623 g/mol. The first-order valence-corrected chi connectivity index (χ1v) is 12.9. The van der Waals surface area contributed by atoms with E-state index in [9.17, 15) is 4.79 Å². The fraction of sp³-hybridized carbons (Fsp3) is 0.231. The normalized spacial score (nSPS) is 13.3. The lowest BCUT2D eigenvalue weighted by Gasteiger charge is -2.17. The molecule has 0 atom stereocenters. The molecule has 35 heavy (non-hydrogen) atoms. The smallest absolute Gasteiger partial charge is 0.271 e. The second kappa shape index (κ2) is 12.0. The van der Waals surface area contributed by atoms with E-state index in [-0.39, 0.29) is 5.91 Å². The van der Waals surface area contributed by atoms with Gasteiger partial charge in [-0.3, -0.25) is 4.79 Å². The topological polar surface area (TPSA) is 63.2 Å². The molecule has 1 fully saturated rings.